The van der Waals surface area contributed by atoms with E-state index in [-0.39, 0.29) is 23.8 Å². The molecular formula is C22H41N3O2Sn. The number of imide groups is 1. The maximum atomic E-state index is 13.3. The summed E-state index contributed by atoms with van der Waals surface area (Å²) in [5.41, 5.74) is 0. The number of amides is 2. The van der Waals surface area contributed by atoms with Gasteiger partial charge in [0.2, 0.25) is 0 Å². The van der Waals surface area contributed by atoms with Gasteiger partial charge in [-0.2, -0.15) is 0 Å². The average molecular weight is 498 g/mol. The van der Waals surface area contributed by atoms with Crippen LogP contribution in [0.15, 0.2) is 12.3 Å². The molecule has 2 amide bonds. The number of unbranched alkanes of at least 4 members (excludes halogenated alkanes) is 3. The molecule has 0 aromatic carbocycles. The average Bonchev–Trinajstić information content (AvgIpc) is 2.92. The summed E-state index contributed by atoms with van der Waals surface area (Å²) >= 11 is -2.69. The molecule has 2 heterocycles. The van der Waals surface area contributed by atoms with Crippen LogP contribution in [0, 0.1) is 5.92 Å². The van der Waals surface area contributed by atoms with E-state index in [1.807, 2.05) is 24.1 Å². The fourth-order valence-corrected chi connectivity index (χ4v) is 23.8. The van der Waals surface area contributed by atoms with Crippen LogP contribution >= 0.6 is 0 Å². The van der Waals surface area contributed by atoms with Crippen LogP contribution in [0.2, 0.25) is 17.2 Å². The van der Waals surface area contributed by atoms with E-state index in [1.165, 1.54) is 56.7 Å². The number of carbonyl (C=O) groups is 2. The molecule has 28 heavy (non-hydrogen) atoms. The van der Waals surface area contributed by atoms with Gasteiger partial charge in [0.1, 0.15) is 0 Å². The molecule has 0 aromatic rings. The molecule has 160 valence electrons. The van der Waals surface area contributed by atoms with E-state index in [9.17, 15) is 9.59 Å². The Bertz CT molecular complexity index is 556. The van der Waals surface area contributed by atoms with Crippen molar-refractivity contribution < 1.29 is 9.59 Å². The van der Waals surface area contributed by atoms with Crippen LogP contribution < -0.4 is 0 Å². The van der Waals surface area contributed by atoms with E-state index in [0.717, 1.165) is 0 Å². The molecule has 0 bridgehead atoms. The molecule has 3 atom stereocenters. The van der Waals surface area contributed by atoms with Crippen molar-refractivity contribution >= 4 is 30.2 Å². The summed E-state index contributed by atoms with van der Waals surface area (Å²) in [7, 11) is 5.59. The van der Waals surface area contributed by atoms with Gasteiger partial charge in [-0.05, 0) is 0 Å². The van der Waals surface area contributed by atoms with Crippen LogP contribution in [0.3, 0.4) is 0 Å². The summed E-state index contributed by atoms with van der Waals surface area (Å²) in [6.07, 6.45) is 12.0. The molecular weight excluding hydrogens is 457 g/mol. The molecule has 0 saturated carbocycles. The van der Waals surface area contributed by atoms with Crippen molar-refractivity contribution in [2.75, 3.05) is 21.1 Å². The number of rotatable bonds is 11. The first kappa shape index (κ1) is 23.7. The number of nitrogens with zero attached hydrogens (tertiary/aromatic N) is 3. The van der Waals surface area contributed by atoms with E-state index in [4.69, 9.17) is 0 Å². The van der Waals surface area contributed by atoms with Crippen molar-refractivity contribution in [2.24, 2.45) is 5.92 Å². The molecule has 0 aliphatic carbocycles. The molecule has 1 saturated heterocycles. The number of likely N-dealkylation sites (tertiary alicyclic amines) is 1. The number of carbonyl (C=O) groups excluding carboxylic acids is 2. The van der Waals surface area contributed by atoms with Gasteiger partial charge in [0.05, 0.1) is 0 Å². The van der Waals surface area contributed by atoms with Gasteiger partial charge in [0.25, 0.3) is 0 Å². The van der Waals surface area contributed by atoms with Gasteiger partial charge in [-0.3, -0.25) is 0 Å². The number of likely N-dealkylation sites (N-methyl/N-ethyl adjacent to an activating group) is 1. The molecule has 0 N–H and O–H groups in total. The van der Waals surface area contributed by atoms with Crippen LogP contribution in [0.5, 0.6) is 0 Å². The van der Waals surface area contributed by atoms with Crippen molar-refractivity contribution in [2.45, 2.75) is 82.6 Å². The summed E-state index contributed by atoms with van der Waals surface area (Å²) in [5.74, 6) is -0.146. The summed E-state index contributed by atoms with van der Waals surface area (Å²) in [6, 6.07) is -0.344. The van der Waals surface area contributed by atoms with Crippen LogP contribution in [0.4, 0.5) is 0 Å². The van der Waals surface area contributed by atoms with Crippen LogP contribution in [-0.4, -0.2) is 72.3 Å². The van der Waals surface area contributed by atoms with E-state index in [2.05, 4.69) is 33.0 Å². The second-order valence-electron chi connectivity index (χ2n) is 8.97. The first-order chi connectivity index (χ1) is 13.3. The monoisotopic (exact) mass is 499 g/mol. The summed E-state index contributed by atoms with van der Waals surface area (Å²) in [4.78, 5) is 27.7. The van der Waals surface area contributed by atoms with Gasteiger partial charge in [-0.15, -0.1) is 0 Å². The standard InChI is InChI=1S/C10H14N3O2.3C4H9.Sn/c1-11(2)13-6-4-5-7-8(13)10(15)12(3)9(7)14;3*1-3-4-2;/h4-8H,1-3H3;3*1,3-4H2,2H3;/t7-,8+;;;;/m1..../s1. The molecule has 2 aliphatic heterocycles. The summed E-state index contributed by atoms with van der Waals surface area (Å²) < 4.78 is 4.42. The second kappa shape index (κ2) is 10.5. The van der Waals surface area contributed by atoms with Crippen molar-refractivity contribution in [3.8, 4) is 0 Å². The van der Waals surface area contributed by atoms with Crippen molar-refractivity contribution in [3.63, 3.8) is 0 Å². The Morgan fingerprint density at radius 1 is 0.929 bits per heavy atom. The van der Waals surface area contributed by atoms with E-state index >= 15 is 0 Å². The summed E-state index contributed by atoms with van der Waals surface area (Å²) in [6.45, 7) is 6.84. The minimum atomic E-state index is -2.69. The van der Waals surface area contributed by atoms with E-state index in [1.54, 1.807) is 7.05 Å². The molecule has 0 aromatic heterocycles. The third-order valence-corrected chi connectivity index (χ3v) is 24.1. The van der Waals surface area contributed by atoms with E-state index < -0.39 is 18.4 Å². The van der Waals surface area contributed by atoms with Gasteiger partial charge in [0, 0.05) is 0 Å². The molecule has 2 rings (SSSR count). The predicted octanol–water partition coefficient (Wildman–Crippen LogP) is 4.50. The van der Waals surface area contributed by atoms with Crippen LogP contribution in [0.1, 0.15) is 59.3 Å². The fourth-order valence-electron chi connectivity index (χ4n) is 5.27. The van der Waals surface area contributed by atoms with Gasteiger partial charge in [0.15, 0.2) is 0 Å². The van der Waals surface area contributed by atoms with Gasteiger partial charge in [-0.25, -0.2) is 0 Å². The van der Waals surface area contributed by atoms with Crippen molar-refractivity contribution in [3.05, 3.63) is 12.3 Å². The maximum absolute atomic E-state index is 13.3. The predicted molar refractivity (Wildman–Crippen MR) is 118 cm³/mol. The Hall–Kier alpha value is -0.561. The molecule has 5 nitrogen and oxygen atoms in total. The Morgan fingerprint density at radius 2 is 1.43 bits per heavy atom. The molecule has 6 heteroatoms. The molecule has 2 aliphatic rings. The molecule has 1 fully saturated rings. The molecule has 0 spiro atoms. The zero-order valence-corrected chi connectivity index (χ0v) is 21.8. The molecule has 0 radical (unpaired) electrons. The van der Waals surface area contributed by atoms with Crippen LogP contribution in [-0.2, 0) is 9.59 Å². The minimum absolute atomic E-state index is 0.0280. The Morgan fingerprint density at radius 3 is 1.86 bits per heavy atom. The fraction of sp³-hybridized carbons (Fsp3) is 0.818. The number of fused-ring (bicyclic) bond motifs is 1. The SMILES string of the molecule is CCC[CH2][Sn]([CH2]CCC)([CH2]CCC)[C@@H]1C=CN(N(C)C)[C@@H]2C(=O)N(C)C(=O)[C@@H]21. The van der Waals surface area contributed by atoms with Gasteiger partial charge in [-0.1, -0.05) is 0 Å². The quantitative estimate of drug-likeness (QED) is 0.311. The second-order valence-corrected chi connectivity index (χ2v) is 22.9. The van der Waals surface area contributed by atoms with Gasteiger partial charge < -0.3 is 0 Å². The normalized spacial score (nSPS) is 25.2. The third-order valence-electron chi connectivity index (χ3n) is 6.91. The topological polar surface area (TPSA) is 43.9 Å². The number of hydrogen-bond donors (Lipinski definition) is 0. The summed E-state index contributed by atoms with van der Waals surface area (Å²) in [5, 5.41) is 3.94. The Kier molecular flexibility index (Phi) is 8.86. The zero-order chi connectivity index (χ0) is 20.9. The number of hydrogen-bond acceptors (Lipinski definition) is 4. The van der Waals surface area contributed by atoms with Crippen molar-refractivity contribution in [1.29, 1.82) is 0 Å². The number of hydrazine groups is 1. The van der Waals surface area contributed by atoms with Gasteiger partial charge >= 0.3 is 177 Å². The molecule has 0 unspecified atom stereocenters. The number of allylic oxidation sites excluding steroid dienone is 1. The van der Waals surface area contributed by atoms with Crippen LogP contribution in [0.25, 0.3) is 0 Å². The first-order valence-electron chi connectivity index (χ1n) is 11.3. The van der Waals surface area contributed by atoms with Crippen molar-refractivity contribution in [1.82, 2.24) is 14.9 Å². The Balaban J connectivity index is 2.51. The third kappa shape index (κ3) is 4.61. The first-order valence-corrected chi connectivity index (χ1v) is 19.0. The Labute approximate surface area is 176 Å². The van der Waals surface area contributed by atoms with E-state index in [0.29, 0.717) is 3.93 Å². The zero-order valence-electron chi connectivity index (χ0n) is 18.9.